The molecular weight excluding hydrogens is 246 g/mol. The Morgan fingerprint density at radius 2 is 1.83 bits per heavy atom. The van der Waals surface area contributed by atoms with Crippen LogP contribution in [0, 0.1) is 6.92 Å². The zero-order valence-electron chi connectivity index (χ0n) is 10.2. The van der Waals surface area contributed by atoms with E-state index in [0.717, 1.165) is 16.5 Å². The van der Waals surface area contributed by atoms with Crippen molar-refractivity contribution in [1.82, 2.24) is 4.98 Å². The third-order valence-electron chi connectivity index (χ3n) is 3.23. The highest BCUT2D eigenvalue weighted by atomic mass is 32.2. The number of aromatic amines is 1. The van der Waals surface area contributed by atoms with E-state index >= 15 is 0 Å². The highest BCUT2D eigenvalue weighted by Gasteiger charge is 2.26. The van der Waals surface area contributed by atoms with Crippen molar-refractivity contribution >= 4 is 25.6 Å². The summed E-state index contributed by atoms with van der Waals surface area (Å²) in [5, 5.41) is 1.02. The maximum absolute atomic E-state index is 12.1. The zero-order valence-corrected chi connectivity index (χ0v) is 11.0. The second-order valence-electron chi connectivity index (χ2n) is 4.59. The van der Waals surface area contributed by atoms with Gasteiger partial charge in [-0.05, 0) is 43.7 Å². The molecule has 4 heteroatoms. The number of aromatic nitrogens is 1. The smallest absolute Gasteiger partial charge is 0.204 e. The van der Waals surface area contributed by atoms with E-state index in [9.17, 15) is 8.42 Å². The van der Waals surface area contributed by atoms with E-state index in [0.29, 0.717) is 15.5 Å². The molecule has 1 aliphatic heterocycles. The van der Waals surface area contributed by atoms with Crippen LogP contribution in [0.5, 0.6) is 0 Å². The average Bonchev–Trinajstić information content (AvgIpc) is 2.81. The van der Waals surface area contributed by atoms with Gasteiger partial charge in [-0.2, -0.15) is 0 Å². The fourth-order valence-electron chi connectivity index (χ4n) is 2.15. The largest absolute Gasteiger partial charge is 0.354 e. The van der Waals surface area contributed by atoms with E-state index in [-0.39, 0.29) is 0 Å². The van der Waals surface area contributed by atoms with Gasteiger partial charge >= 0.3 is 0 Å². The van der Waals surface area contributed by atoms with Crippen LogP contribution in [0.25, 0.3) is 15.8 Å². The van der Waals surface area contributed by atoms with Crippen molar-refractivity contribution in [3.05, 3.63) is 52.6 Å². The molecule has 0 spiro atoms. The number of sulfone groups is 1. The highest BCUT2D eigenvalue weighted by molar-refractivity contribution is 8.04. The summed E-state index contributed by atoms with van der Waals surface area (Å²) in [7, 11) is -3.29. The number of fused-ring (bicyclic) bond motifs is 1. The van der Waals surface area contributed by atoms with Crippen molar-refractivity contribution in [2.45, 2.75) is 13.8 Å². The quantitative estimate of drug-likeness (QED) is 0.855. The first-order chi connectivity index (χ1) is 8.48. The molecule has 0 unspecified atom stereocenters. The first-order valence-corrected chi connectivity index (χ1v) is 7.20. The van der Waals surface area contributed by atoms with Crippen molar-refractivity contribution < 1.29 is 8.42 Å². The van der Waals surface area contributed by atoms with Crippen LogP contribution in [0.15, 0.2) is 41.3 Å². The lowest BCUT2D eigenvalue weighted by Crippen LogP contribution is -2.00. The van der Waals surface area contributed by atoms with Gasteiger partial charge in [0.05, 0.1) is 10.6 Å². The van der Waals surface area contributed by atoms with Gasteiger partial charge in [0.25, 0.3) is 0 Å². The Morgan fingerprint density at radius 3 is 2.50 bits per heavy atom. The molecule has 18 heavy (non-hydrogen) atoms. The lowest BCUT2D eigenvalue weighted by Gasteiger charge is -2.01. The first kappa shape index (κ1) is 11.3. The maximum atomic E-state index is 12.1. The molecule has 1 aromatic carbocycles. The maximum Gasteiger partial charge on any atom is 0.204 e. The average molecular weight is 259 g/mol. The van der Waals surface area contributed by atoms with Crippen molar-refractivity contribution in [3.63, 3.8) is 0 Å². The van der Waals surface area contributed by atoms with Gasteiger partial charge in [-0.15, -0.1) is 0 Å². The molecule has 92 valence electrons. The fraction of sp³-hybridized carbons (Fsp3) is 0.143. The van der Waals surface area contributed by atoms with Crippen molar-refractivity contribution in [2.24, 2.45) is 0 Å². The second kappa shape index (κ2) is 3.59. The van der Waals surface area contributed by atoms with Crippen LogP contribution in [0.2, 0.25) is 0 Å². The summed E-state index contributed by atoms with van der Waals surface area (Å²) >= 11 is 0. The van der Waals surface area contributed by atoms with Gasteiger partial charge in [-0.3, -0.25) is 0 Å². The number of H-pyrrole nitrogens is 1. The van der Waals surface area contributed by atoms with E-state index in [1.807, 2.05) is 31.2 Å². The van der Waals surface area contributed by atoms with Gasteiger partial charge in [0.1, 0.15) is 0 Å². The lowest BCUT2D eigenvalue weighted by molar-refractivity contribution is 0.612. The monoisotopic (exact) mass is 259 g/mol. The molecule has 0 amide bonds. The van der Waals surface area contributed by atoms with Crippen LogP contribution in [-0.2, 0) is 9.84 Å². The predicted octanol–water partition coefficient (Wildman–Crippen LogP) is 3.15. The Labute approximate surface area is 106 Å². The van der Waals surface area contributed by atoms with E-state index in [1.165, 1.54) is 0 Å². The summed E-state index contributed by atoms with van der Waals surface area (Å²) in [5.74, 6) is 0. The van der Waals surface area contributed by atoms with Crippen molar-refractivity contribution in [1.29, 1.82) is 0 Å². The van der Waals surface area contributed by atoms with Gasteiger partial charge in [0.2, 0.25) is 9.84 Å². The summed E-state index contributed by atoms with van der Waals surface area (Å²) in [6, 6.07) is 7.90. The minimum Gasteiger partial charge on any atom is -0.354 e. The lowest BCUT2D eigenvalue weighted by atomic mass is 10.2. The third kappa shape index (κ3) is 1.53. The zero-order chi connectivity index (χ0) is 12.9. The SMILES string of the molecule is CC1=CC=C(c2cc3ccc(C)cc3[nH]2)S1(=O)=O. The van der Waals surface area contributed by atoms with E-state index in [4.69, 9.17) is 0 Å². The van der Waals surface area contributed by atoms with Crippen LogP contribution in [-0.4, -0.2) is 13.4 Å². The highest BCUT2D eigenvalue weighted by Crippen LogP contribution is 2.33. The topological polar surface area (TPSA) is 49.9 Å². The molecule has 0 saturated heterocycles. The number of hydrogen-bond donors (Lipinski definition) is 1. The fourth-order valence-corrected chi connectivity index (χ4v) is 3.39. The van der Waals surface area contributed by atoms with E-state index in [2.05, 4.69) is 4.98 Å². The summed E-state index contributed by atoms with van der Waals surface area (Å²) in [6.07, 6.45) is 3.30. The van der Waals surface area contributed by atoms with Crippen LogP contribution < -0.4 is 0 Å². The molecule has 0 radical (unpaired) electrons. The first-order valence-electron chi connectivity index (χ1n) is 5.72. The number of aryl methyl sites for hydroxylation is 1. The van der Waals surface area contributed by atoms with Crippen LogP contribution in [0.4, 0.5) is 0 Å². The number of nitrogens with one attached hydrogen (secondary N) is 1. The number of benzene rings is 1. The molecular formula is C14H13NO2S. The van der Waals surface area contributed by atoms with Crippen LogP contribution >= 0.6 is 0 Å². The van der Waals surface area contributed by atoms with Crippen LogP contribution in [0.3, 0.4) is 0 Å². The molecule has 0 atom stereocenters. The molecule has 0 fully saturated rings. The van der Waals surface area contributed by atoms with Gasteiger partial charge in [0, 0.05) is 15.8 Å². The summed E-state index contributed by atoms with van der Waals surface area (Å²) < 4.78 is 24.2. The Bertz CT molecular complexity index is 807. The summed E-state index contributed by atoms with van der Waals surface area (Å²) in [6.45, 7) is 3.63. The van der Waals surface area contributed by atoms with E-state index < -0.39 is 9.84 Å². The molecule has 1 aromatic heterocycles. The Balaban J connectivity index is 2.18. The standard InChI is InChI=1S/C14H13NO2S/c1-9-3-5-11-8-13(15-12(11)7-9)14-6-4-10(2)18(14,16)17/h3-8,15H,1-2H3. The predicted molar refractivity (Wildman–Crippen MR) is 73.7 cm³/mol. The minimum absolute atomic E-state index is 0.355. The molecule has 0 aliphatic carbocycles. The summed E-state index contributed by atoms with van der Waals surface area (Å²) in [5.41, 5.74) is 2.77. The third-order valence-corrected chi connectivity index (χ3v) is 5.15. The molecule has 1 N–H and O–H groups in total. The molecule has 3 nitrogen and oxygen atoms in total. The molecule has 2 heterocycles. The van der Waals surface area contributed by atoms with Gasteiger partial charge in [0.15, 0.2) is 0 Å². The molecule has 0 saturated carbocycles. The Hall–Kier alpha value is -1.81. The molecule has 0 bridgehead atoms. The summed E-state index contributed by atoms with van der Waals surface area (Å²) in [4.78, 5) is 3.92. The van der Waals surface area contributed by atoms with E-state index in [1.54, 1.807) is 19.1 Å². The molecule has 2 aromatic rings. The Kier molecular flexibility index (Phi) is 2.25. The van der Waals surface area contributed by atoms with Crippen LogP contribution in [0.1, 0.15) is 18.2 Å². The number of rotatable bonds is 1. The van der Waals surface area contributed by atoms with Gasteiger partial charge < -0.3 is 4.98 Å². The number of hydrogen-bond acceptors (Lipinski definition) is 2. The Morgan fingerprint density at radius 1 is 1.06 bits per heavy atom. The normalized spacial score (nSPS) is 17.9. The molecule has 1 aliphatic rings. The number of allylic oxidation sites excluding steroid dienone is 3. The van der Waals surface area contributed by atoms with Gasteiger partial charge in [-0.25, -0.2) is 8.42 Å². The molecule has 3 rings (SSSR count). The van der Waals surface area contributed by atoms with Gasteiger partial charge in [-0.1, -0.05) is 12.1 Å². The second-order valence-corrected chi connectivity index (χ2v) is 6.68. The minimum atomic E-state index is -3.29. The van der Waals surface area contributed by atoms with Crippen molar-refractivity contribution in [2.75, 3.05) is 0 Å². The van der Waals surface area contributed by atoms with Crippen molar-refractivity contribution in [3.8, 4) is 0 Å².